The van der Waals surface area contributed by atoms with E-state index in [-0.39, 0.29) is 0 Å². The third-order valence-corrected chi connectivity index (χ3v) is 3.53. The molecule has 2 rings (SSSR count). The molecule has 1 aliphatic rings. The monoisotopic (exact) mass is 239 g/mol. The maximum absolute atomic E-state index is 5.71. The molecule has 1 aromatic heterocycles. The minimum atomic E-state index is 0.444. The predicted molar refractivity (Wildman–Crippen MR) is 66.7 cm³/mol. The van der Waals surface area contributed by atoms with Gasteiger partial charge >= 0.3 is 0 Å². The Balaban J connectivity index is 1.99. The van der Waals surface area contributed by atoms with Crippen LogP contribution in [-0.2, 0) is 0 Å². The molecule has 0 spiro atoms. The van der Waals surface area contributed by atoms with Gasteiger partial charge in [0.15, 0.2) is 5.15 Å². The highest BCUT2D eigenvalue weighted by atomic mass is 35.5. The number of halogens is 1. The second-order valence-corrected chi connectivity index (χ2v) is 4.99. The molecule has 4 heteroatoms. The summed E-state index contributed by atoms with van der Waals surface area (Å²) in [5, 5.41) is 11.8. The number of anilines is 1. The lowest BCUT2D eigenvalue weighted by Gasteiger charge is -2.22. The van der Waals surface area contributed by atoms with Gasteiger partial charge in [0.2, 0.25) is 0 Å². The van der Waals surface area contributed by atoms with E-state index in [1.54, 1.807) is 6.07 Å². The summed E-state index contributed by atoms with van der Waals surface area (Å²) in [4.78, 5) is 0. The minimum Gasteiger partial charge on any atom is -0.366 e. The van der Waals surface area contributed by atoms with Gasteiger partial charge < -0.3 is 5.32 Å². The van der Waals surface area contributed by atoms with Crippen LogP contribution in [0.25, 0.3) is 0 Å². The smallest absolute Gasteiger partial charge is 0.151 e. The Kier molecular flexibility index (Phi) is 3.99. The van der Waals surface area contributed by atoms with Gasteiger partial charge in [0, 0.05) is 6.04 Å². The van der Waals surface area contributed by atoms with Crippen LogP contribution in [0.3, 0.4) is 0 Å². The predicted octanol–water partition coefficient (Wildman–Crippen LogP) is 3.51. The fourth-order valence-electron chi connectivity index (χ4n) is 2.29. The van der Waals surface area contributed by atoms with Gasteiger partial charge in [0.05, 0.1) is 0 Å². The number of rotatable bonds is 2. The van der Waals surface area contributed by atoms with Gasteiger partial charge in [-0.25, -0.2) is 0 Å². The van der Waals surface area contributed by atoms with E-state index in [2.05, 4.69) is 22.4 Å². The summed E-state index contributed by atoms with van der Waals surface area (Å²) in [6.45, 7) is 2.31. The zero-order valence-corrected chi connectivity index (χ0v) is 10.4. The Hall–Kier alpha value is -0.830. The summed E-state index contributed by atoms with van der Waals surface area (Å²) >= 11 is 5.71. The maximum atomic E-state index is 5.71. The lowest BCUT2D eigenvalue weighted by molar-refractivity contribution is 0.455. The SMILES string of the molecule is CC1CCCCCC1Nc1ccc(Cl)nn1. The van der Waals surface area contributed by atoms with Crippen molar-refractivity contribution in [2.24, 2.45) is 5.92 Å². The Morgan fingerprint density at radius 3 is 2.75 bits per heavy atom. The van der Waals surface area contributed by atoms with E-state index in [9.17, 15) is 0 Å². The number of aromatic nitrogens is 2. The first kappa shape index (κ1) is 11.6. The van der Waals surface area contributed by atoms with Crippen LogP contribution in [0, 0.1) is 5.92 Å². The molecule has 3 nitrogen and oxygen atoms in total. The number of hydrogen-bond donors (Lipinski definition) is 1. The molecular formula is C12H18ClN3. The zero-order valence-electron chi connectivity index (χ0n) is 9.62. The molecule has 0 aromatic carbocycles. The van der Waals surface area contributed by atoms with Crippen LogP contribution in [0.4, 0.5) is 5.82 Å². The average Bonchev–Trinajstić information content (AvgIpc) is 2.48. The molecule has 2 atom stereocenters. The van der Waals surface area contributed by atoms with E-state index >= 15 is 0 Å². The van der Waals surface area contributed by atoms with Crippen LogP contribution in [-0.4, -0.2) is 16.2 Å². The maximum Gasteiger partial charge on any atom is 0.151 e. The van der Waals surface area contributed by atoms with Gasteiger partial charge in [-0.05, 0) is 30.9 Å². The summed E-state index contributed by atoms with van der Waals surface area (Å²) in [5.74, 6) is 1.54. The second kappa shape index (κ2) is 5.48. The molecule has 0 radical (unpaired) electrons. The summed E-state index contributed by atoms with van der Waals surface area (Å²) in [6, 6.07) is 4.20. The molecule has 1 N–H and O–H groups in total. The van der Waals surface area contributed by atoms with E-state index in [0.29, 0.717) is 17.1 Å². The highest BCUT2D eigenvalue weighted by Gasteiger charge is 2.19. The molecule has 88 valence electrons. The van der Waals surface area contributed by atoms with Gasteiger partial charge in [-0.3, -0.25) is 0 Å². The second-order valence-electron chi connectivity index (χ2n) is 4.61. The van der Waals surface area contributed by atoms with Crippen molar-refractivity contribution in [3.63, 3.8) is 0 Å². The number of hydrogen-bond acceptors (Lipinski definition) is 3. The summed E-state index contributed by atoms with van der Waals surface area (Å²) in [5.41, 5.74) is 0. The topological polar surface area (TPSA) is 37.8 Å². The highest BCUT2D eigenvalue weighted by molar-refractivity contribution is 6.29. The summed E-state index contributed by atoms with van der Waals surface area (Å²) in [6.07, 6.45) is 6.55. The molecule has 0 saturated heterocycles. The van der Waals surface area contributed by atoms with E-state index in [4.69, 9.17) is 11.6 Å². The first-order valence-electron chi connectivity index (χ1n) is 6.01. The zero-order chi connectivity index (χ0) is 11.4. The van der Waals surface area contributed by atoms with Gasteiger partial charge in [-0.1, -0.05) is 37.8 Å². The lowest BCUT2D eigenvalue weighted by Crippen LogP contribution is -2.26. The largest absolute Gasteiger partial charge is 0.366 e. The third kappa shape index (κ3) is 3.08. The molecule has 1 aromatic rings. The molecule has 2 unspecified atom stereocenters. The first-order valence-corrected chi connectivity index (χ1v) is 6.39. The molecule has 1 fully saturated rings. The van der Waals surface area contributed by atoms with Crippen LogP contribution in [0.15, 0.2) is 12.1 Å². The Bertz CT molecular complexity index is 326. The Morgan fingerprint density at radius 2 is 2.00 bits per heavy atom. The van der Waals surface area contributed by atoms with Crippen molar-refractivity contribution in [2.75, 3.05) is 5.32 Å². The fourth-order valence-corrected chi connectivity index (χ4v) is 2.39. The lowest BCUT2D eigenvalue weighted by atomic mass is 9.97. The van der Waals surface area contributed by atoms with Crippen LogP contribution >= 0.6 is 11.6 Å². The normalized spacial score (nSPS) is 26.1. The molecule has 1 aliphatic carbocycles. The van der Waals surface area contributed by atoms with Crippen LogP contribution in [0.1, 0.15) is 39.0 Å². The molecule has 1 saturated carbocycles. The molecular weight excluding hydrogens is 222 g/mol. The van der Waals surface area contributed by atoms with E-state index in [1.807, 2.05) is 6.07 Å². The molecule has 16 heavy (non-hydrogen) atoms. The number of nitrogens with zero attached hydrogens (tertiary/aromatic N) is 2. The van der Waals surface area contributed by atoms with E-state index < -0.39 is 0 Å². The third-order valence-electron chi connectivity index (χ3n) is 3.33. The van der Waals surface area contributed by atoms with Crippen LogP contribution in [0.5, 0.6) is 0 Å². The fraction of sp³-hybridized carbons (Fsp3) is 0.667. The van der Waals surface area contributed by atoms with Gasteiger partial charge in [0.1, 0.15) is 5.82 Å². The van der Waals surface area contributed by atoms with E-state index in [1.165, 1.54) is 32.1 Å². The first-order chi connectivity index (χ1) is 7.75. The number of nitrogens with one attached hydrogen (secondary N) is 1. The van der Waals surface area contributed by atoms with Crippen molar-refractivity contribution < 1.29 is 0 Å². The Morgan fingerprint density at radius 1 is 1.19 bits per heavy atom. The van der Waals surface area contributed by atoms with Crippen molar-refractivity contribution in [1.29, 1.82) is 0 Å². The van der Waals surface area contributed by atoms with Crippen molar-refractivity contribution in [3.8, 4) is 0 Å². The molecule has 0 amide bonds. The highest BCUT2D eigenvalue weighted by Crippen LogP contribution is 2.25. The summed E-state index contributed by atoms with van der Waals surface area (Å²) in [7, 11) is 0. The molecule has 1 heterocycles. The average molecular weight is 240 g/mol. The van der Waals surface area contributed by atoms with Crippen molar-refractivity contribution in [1.82, 2.24) is 10.2 Å². The quantitative estimate of drug-likeness (QED) is 0.803. The summed E-state index contributed by atoms with van der Waals surface area (Å²) < 4.78 is 0. The van der Waals surface area contributed by atoms with Gasteiger partial charge in [0.25, 0.3) is 0 Å². The van der Waals surface area contributed by atoms with Crippen molar-refractivity contribution >= 4 is 17.4 Å². The van der Waals surface area contributed by atoms with Crippen LogP contribution in [0.2, 0.25) is 5.15 Å². The van der Waals surface area contributed by atoms with Crippen molar-refractivity contribution in [3.05, 3.63) is 17.3 Å². The molecule has 0 aliphatic heterocycles. The Labute approximate surface area is 102 Å². The van der Waals surface area contributed by atoms with E-state index in [0.717, 1.165) is 5.82 Å². The standard InChI is InChI=1S/C12H18ClN3/c1-9-5-3-2-4-6-10(9)14-12-8-7-11(13)15-16-12/h7-10H,2-6H2,1H3,(H,14,16). The van der Waals surface area contributed by atoms with Gasteiger partial charge in [-0.15, -0.1) is 10.2 Å². The van der Waals surface area contributed by atoms with Crippen molar-refractivity contribution in [2.45, 2.75) is 45.1 Å². The van der Waals surface area contributed by atoms with Crippen LogP contribution < -0.4 is 5.32 Å². The minimum absolute atomic E-state index is 0.444. The molecule has 0 bridgehead atoms. The van der Waals surface area contributed by atoms with Gasteiger partial charge in [-0.2, -0.15) is 0 Å².